The molecule has 0 saturated carbocycles. The van der Waals surface area contributed by atoms with E-state index in [4.69, 9.17) is 4.42 Å². The molecule has 0 saturated heterocycles. The summed E-state index contributed by atoms with van der Waals surface area (Å²) in [6.45, 7) is 3.84. The number of rotatable bonds is 5. The maximum absolute atomic E-state index is 12.5. The Kier molecular flexibility index (Phi) is 4.51. The van der Waals surface area contributed by atoms with E-state index in [9.17, 15) is 8.42 Å². The quantitative estimate of drug-likeness (QED) is 0.771. The van der Waals surface area contributed by atoms with E-state index in [2.05, 4.69) is 9.71 Å². The summed E-state index contributed by atoms with van der Waals surface area (Å²) in [6, 6.07) is 12.6. The second-order valence-corrected chi connectivity index (χ2v) is 7.36. The summed E-state index contributed by atoms with van der Waals surface area (Å²) in [7, 11) is -3.56. The normalized spacial score (nSPS) is 11.6. The average molecular weight is 342 g/mol. The monoisotopic (exact) mass is 342 g/mol. The van der Waals surface area contributed by atoms with Gasteiger partial charge in [0.2, 0.25) is 10.0 Å². The molecule has 0 aliphatic carbocycles. The average Bonchev–Trinajstić information content (AvgIpc) is 3.10. The minimum atomic E-state index is -3.56. The van der Waals surface area contributed by atoms with E-state index in [1.165, 1.54) is 0 Å². The van der Waals surface area contributed by atoms with Crippen molar-refractivity contribution in [3.05, 3.63) is 71.6 Å². The maximum Gasteiger partial charge on any atom is 0.241 e. The molecule has 0 aliphatic heterocycles. The van der Waals surface area contributed by atoms with Crippen molar-refractivity contribution in [2.45, 2.75) is 25.3 Å². The van der Waals surface area contributed by atoms with Crippen molar-refractivity contribution in [2.24, 2.45) is 0 Å². The number of nitrogens with zero attached hydrogens (tertiary/aromatic N) is 1. The summed E-state index contributed by atoms with van der Waals surface area (Å²) < 4.78 is 32.9. The summed E-state index contributed by atoms with van der Waals surface area (Å²) in [5, 5.41) is 0. The number of sulfonamides is 1. The van der Waals surface area contributed by atoms with Gasteiger partial charge < -0.3 is 4.42 Å². The molecule has 124 valence electrons. The van der Waals surface area contributed by atoms with Gasteiger partial charge in [-0.25, -0.2) is 13.1 Å². The van der Waals surface area contributed by atoms with Gasteiger partial charge in [-0.15, -0.1) is 0 Å². The van der Waals surface area contributed by atoms with Crippen molar-refractivity contribution in [1.29, 1.82) is 0 Å². The molecule has 24 heavy (non-hydrogen) atoms. The molecule has 1 N–H and O–H groups in total. The lowest BCUT2D eigenvalue weighted by atomic mass is 10.2. The van der Waals surface area contributed by atoms with Crippen LogP contribution in [0.3, 0.4) is 0 Å². The molecule has 2 aromatic heterocycles. The van der Waals surface area contributed by atoms with Crippen molar-refractivity contribution >= 4 is 10.0 Å². The van der Waals surface area contributed by atoms with Crippen molar-refractivity contribution in [3.8, 4) is 11.5 Å². The minimum Gasteiger partial charge on any atom is -0.463 e. The van der Waals surface area contributed by atoms with Gasteiger partial charge in [0, 0.05) is 12.7 Å². The molecule has 0 bridgehead atoms. The predicted molar refractivity (Wildman–Crippen MR) is 91.9 cm³/mol. The van der Waals surface area contributed by atoms with Crippen LogP contribution in [0.5, 0.6) is 0 Å². The summed E-state index contributed by atoms with van der Waals surface area (Å²) in [6.07, 6.45) is 3.23. The lowest BCUT2D eigenvalue weighted by molar-refractivity contribution is 0.578. The van der Waals surface area contributed by atoms with Crippen LogP contribution in [0.1, 0.15) is 16.7 Å². The van der Waals surface area contributed by atoms with Crippen LogP contribution in [-0.4, -0.2) is 13.4 Å². The Balaban J connectivity index is 1.74. The Bertz CT molecular complexity index is 931. The molecule has 0 atom stereocenters. The van der Waals surface area contributed by atoms with Crippen LogP contribution in [0, 0.1) is 13.8 Å². The van der Waals surface area contributed by atoms with Gasteiger partial charge in [0.15, 0.2) is 5.76 Å². The minimum absolute atomic E-state index is 0.182. The molecule has 1 aromatic carbocycles. The standard InChI is InChI=1S/C18H18N2O3S/c1-13-5-6-14(2)18(10-13)24(21,22)20-12-15-7-8-16(19-11-15)17-4-3-9-23-17/h3-11,20H,12H2,1-2H3. The Labute approximate surface area is 141 Å². The number of aromatic nitrogens is 1. The molecular weight excluding hydrogens is 324 g/mol. The van der Waals surface area contributed by atoms with Gasteiger partial charge >= 0.3 is 0 Å². The molecule has 0 unspecified atom stereocenters. The predicted octanol–water partition coefficient (Wildman–Crippen LogP) is 3.44. The molecule has 0 radical (unpaired) electrons. The van der Waals surface area contributed by atoms with E-state index in [1.54, 1.807) is 37.6 Å². The fourth-order valence-corrected chi connectivity index (χ4v) is 3.70. The van der Waals surface area contributed by atoms with E-state index in [1.807, 2.05) is 31.2 Å². The molecule has 3 rings (SSSR count). The molecule has 0 fully saturated rings. The lowest BCUT2D eigenvalue weighted by Gasteiger charge is -2.10. The largest absolute Gasteiger partial charge is 0.463 e. The zero-order valence-electron chi connectivity index (χ0n) is 13.5. The first-order valence-corrected chi connectivity index (χ1v) is 9.00. The summed E-state index contributed by atoms with van der Waals surface area (Å²) in [4.78, 5) is 4.61. The van der Waals surface area contributed by atoms with Gasteiger partial charge in [-0.2, -0.15) is 0 Å². The number of hydrogen-bond acceptors (Lipinski definition) is 4. The molecular formula is C18H18N2O3S. The maximum atomic E-state index is 12.5. The van der Waals surface area contributed by atoms with E-state index < -0.39 is 10.0 Å². The first-order chi connectivity index (χ1) is 11.5. The zero-order chi connectivity index (χ0) is 17.2. The fourth-order valence-electron chi connectivity index (χ4n) is 2.35. The van der Waals surface area contributed by atoms with E-state index in [0.29, 0.717) is 16.3 Å². The highest BCUT2D eigenvalue weighted by Gasteiger charge is 2.16. The Hall–Kier alpha value is -2.44. The molecule has 0 aliphatic rings. The van der Waals surface area contributed by atoms with E-state index in [-0.39, 0.29) is 6.54 Å². The number of aryl methyl sites for hydroxylation is 2. The van der Waals surface area contributed by atoms with Gasteiger partial charge in [0.1, 0.15) is 5.69 Å². The van der Waals surface area contributed by atoms with Gasteiger partial charge in [0.05, 0.1) is 11.2 Å². The van der Waals surface area contributed by atoms with Crippen molar-refractivity contribution in [1.82, 2.24) is 9.71 Å². The van der Waals surface area contributed by atoms with Crippen LogP contribution in [0.25, 0.3) is 11.5 Å². The van der Waals surface area contributed by atoms with Crippen LogP contribution in [0.4, 0.5) is 0 Å². The lowest BCUT2D eigenvalue weighted by Crippen LogP contribution is -2.24. The number of nitrogens with one attached hydrogen (secondary N) is 1. The Morgan fingerprint density at radius 2 is 1.96 bits per heavy atom. The highest BCUT2D eigenvalue weighted by molar-refractivity contribution is 7.89. The van der Waals surface area contributed by atoms with E-state index >= 15 is 0 Å². The molecule has 0 spiro atoms. The van der Waals surface area contributed by atoms with Crippen LogP contribution < -0.4 is 4.72 Å². The highest BCUT2D eigenvalue weighted by Crippen LogP contribution is 2.19. The highest BCUT2D eigenvalue weighted by atomic mass is 32.2. The van der Waals surface area contributed by atoms with E-state index in [0.717, 1.165) is 16.7 Å². The summed E-state index contributed by atoms with van der Waals surface area (Å²) in [5.41, 5.74) is 3.12. The topological polar surface area (TPSA) is 72.2 Å². The fraction of sp³-hybridized carbons (Fsp3) is 0.167. The first kappa shape index (κ1) is 16.4. The van der Waals surface area contributed by atoms with Crippen molar-refractivity contribution in [3.63, 3.8) is 0 Å². The van der Waals surface area contributed by atoms with Crippen LogP contribution in [0.2, 0.25) is 0 Å². The van der Waals surface area contributed by atoms with Crippen molar-refractivity contribution < 1.29 is 12.8 Å². The molecule has 6 heteroatoms. The third-order valence-corrected chi connectivity index (χ3v) is 5.24. The summed E-state index contributed by atoms with van der Waals surface area (Å²) in [5.74, 6) is 0.678. The van der Waals surface area contributed by atoms with Crippen LogP contribution >= 0.6 is 0 Å². The van der Waals surface area contributed by atoms with Gasteiger partial charge in [-0.1, -0.05) is 18.2 Å². The molecule has 3 aromatic rings. The number of pyridine rings is 1. The zero-order valence-corrected chi connectivity index (χ0v) is 14.3. The van der Waals surface area contributed by atoms with Gasteiger partial charge in [-0.05, 0) is 54.8 Å². The second kappa shape index (κ2) is 6.59. The van der Waals surface area contributed by atoms with Crippen molar-refractivity contribution in [2.75, 3.05) is 0 Å². The van der Waals surface area contributed by atoms with Crippen LogP contribution in [-0.2, 0) is 16.6 Å². The van der Waals surface area contributed by atoms with Crippen LogP contribution in [0.15, 0.2) is 64.2 Å². The smallest absolute Gasteiger partial charge is 0.241 e. The molecule has 5 nitrogen and oxygen atoms in total. The number of benzene rings is 1. The Morgan fingerprint density at radius 3 is 2.62 bits per heavy atom. The summed E-state index contributed by atoms with van der Waals surface area (Å²) >= 11 is 0. The molecule has 2 heterocycles. The number of furan rings is 1. The number of hydrogen-bond donors (Lipinski definition) is 1. The second-order valence-electron chi connectivity index (χ2n) is 5.62. The molecule has 0 amide bonds. The Morgan fingerprint density at radius 1 is 1.12 bits per heavy atom. The third kappa shape index (κ3) is 3.55. The first-order valence-electron chi connectivity index (χ1n) is 7.51. The van der Waals surface area contributed by atoms with Gasteiger partial charge in [-0.3, -0.25) is 4.98 Å². The third-order valence-electron chi connectivity index (χ3n) is 3.70. The SMILES string of the molecule is Cc1ccc(C)c(S(=O)(=O)NCc2ccc(-c3ccco3)nc2)c1. The van der Waals surface area contributed by atoms with Gasteiger partial charge in [0.25, 0.3) is 0 Å².